The van der Waals surface area contributed by atoms with Crippen molar-refractivity contribution in [1.29, 1.82) is 0 Å². The largest absolute Gasteiger partial charge is 0.344 e. The highest BCUT2D eigenvalue weighted by Gasteiger charge is 2.21. The minimum atomic E-state index is -0.0577. The van der Waals surface area contributed by atoms with E-state index in [1.54, 1.807) is 22.2 Å². The second-order valence-corrected chi connectivity index (χ2v) is 5.96. The van der Waals surface area contributed by atoms with Gasteiger partial charge in [0.05, 0.1) is 17.8 Å². The van der Waals surface area contributed by atoms with Gasteiger partial charge in [-0.05, 0) is 24.3 Å². The third-order valence-electron chi connectivity index (χ3n) is 3.28. The summed E-state index contributed by atoms with van der Waals surface area (Å²) in [4.78, 5) is 13.5. The molecule has 2 rings (SSSR count). The molecule has 1 amide bonds. The summed E-state index contributed by atoms with van der Waals surface area (Å²) in [6, 6.07) is 4.12. The zero-order valence-electron chi connectivity index (χ0n) is 11.7. The van der Waals surface area contributed by atoms with E-state index in [-0.39, 0.29) is 11.9 Å². The lowest BCUT2D eigenvalue weighted by molar-refractivity contribution is 0.0926. The maximum Gasteiger partial charge on any atom is 0.255 e. The van der Waals surface area contributed by atoms with Gasteiger partial charge in [0.25, 0.3) is 5.91 Å². The van der Waals surface area contributed by atoms with Gasteiger partial charge in [-0.25, -0.2) is 0 Å². The summed E-state index contributed by atoms with van der Waals surface area (Å²) in [5, 5.41) is 9.25. The number of rotatable bonds is 4. The maximum absolute atomic E-state index is 12.3. The van der Waals surface area contributed by atoms with Crippen LogP contribution in [0.2, 0.25) is 0 Å². The van der Waals surface area contributed by atoms with Crippen LogP contribution in [0.15, 0.2) is 23.7 Å². The second-order valence-electron chi connectivity index (χ2n) is 4.98. The van der Waals surface area contributed by atoms with Crippen LogP contribution in [0.1, 0.15) is 40.8 Å². The van der Waals surface area contributed by atoms with Crippen molar-refractivity contribution in [2.24, 2.45) is 13.0 Å². The molecule has 2 heterocycles. The Balaban J connectivity index is 2.19. The summed E-state index contributed by atoms with van der Waals surface area (Å²) in [6.45, 7) is 6.12. The van der Waals surface area contributed by atoms with Gasteiger partial charge in [-0.2, -0.15) is 5.10 Å². The van der Waals surface area contributed by atoms with Crippen molar-refractivity contribution in [3.8, 4) is 0 Å². The quantitative estimate of drug-likeness (QED) is 0.934. The number of aromatic nitrogens is 2. The standard InChI is InChI=1S/C14H19N3OS/c1-9(2)13(12-6-5-7-19-12)16-14(18)11-8-15-17(4)10(11)3/h5-9,13H,1-4H3,(H,16,18). The molecule has 0 aliphatic heterocycles. The molecule has 2 aromatic heterocycles. The van der Waals surface area contributed by atoms with Crippen LogP contribution >= 0.6 is 11.3 Å². The first-order valence-electron chi connectivity index (χ1n) is 6.33. The lowest BCUT2D eigenvalue weighted by Crippen LogP contribution is -2.31. The molecule has 0 spiro atoms. The Morgan fingerprint density at radius 3 is 2.68 bits per heavy atom. The highest BCUT2D eigenvalue weighted by Crippen LogP contribution is 2.26. The average molecular weight is 277 g/mol. The molecule has 0 saturated heterocycles. The summed E-state index contributed by atoms with van der Waals surface area (Å²) in [5.74, 6) is 0.289. The zero-order valence-corrected chi connectivity index (χ0v) is 12.5. The number of thiophene rings is 1. The van der Waals surface area contributed by atoms with Crippen LogP contribution in [0.5, 0.6) is 0 Å². The Morgan fingerprint density at radius 1 is 1.47 bits per heavy atom. The van der Waals surface area contributed by atoms with Gasteiger partial charge in [-0.15, -0.1) is 11.3 Å². The van der Waals surface area contributed by atoms with Crippen LogP contribution in [0, 0.1) is 12.8 Å². The van der Waals surface area contributed by atoms with E-state index in [0.29, 0.717) is 11.5 Å². The molecule has 1 unspecified atom stereocenters. The molecule has 0 aliphatic carbocycles. The van der Waals surface area contributed by atoms with Crippen LogP contribution in [0.4, 0.5) is 0 Å². The number of carbonyl (C=O) groups is 1. The molecule has 4 nitrogen and oxygen atoms in total. The molecule has 102 valence electrons. The fourth-order valence-corrected chi connectivity index (χ4v) is 2.92. The number of nitrogens with zero attached hydrogens (tertiary/aromatic N) is 2. The van der Waals surface area contributed by atoms with Gasteiger partial charge < -0.3 is 5.32 Å². The second kappa shape index (κ2) is 5.57. The maximum atomic E-state index is 12.3. The highest BCUT2D eigenvalue weighted by molar-refractivity contribution is 7.10. The summed E-state index contributed by atoms with van der Waals surface area (Å²) < 4.78 is 1.71. The lowest BCUT2D eigenvalue weighted by atomic mass is 10.0. The molecule has 1 N–H and O–H groups in total. The summed E-state index contributed by atoms with van der Waals surface area (Å²) in [5.41, 5.74) is 1.52. The van der Waals surface area contributed by atoms with Gasteiger partial charge >= 0.3 is 0 Å². The SMILES string of the molecule is Cc1c(C(=O)NC(c2cccs2)C(C)C)cnn1C. The lowest BCUT2D eigenvalue weighted by Gasteiger charge is -2.21. The molecular formula is C14H19N3OS. The van der Waals surface area contributed by atoms with Crippen molar-refractivity contribution in [3.05, 3.63) is 39.8 Å². The van der Waals surface area contributed by atoms with E-state index in [9.17, 15) is 4.79 Å². The number of carbonyl (C=O) groups excluding carboxylic acids is 1. The van der Waals surface area contributed by atoms with Crippen molar-refractivity contribution in [1.82, 2.24) is 15.1 Å². The van der Waals surface area contributed by atoms with Gasteiger partial charge in [-0.3, -0.25) is 9.48 Å². The van der Waals surface area contributed by atoms with E-state index in [0.717, 1.165) is 5.69 Å². The first-order valence-corrected chi connectivity index (χ1v) is 7.21. The van der Waals surface area contributed by atoms with Crippen molar-refractivity contribution in [2.75, 3.05) is 0 Å². The smallest absolute Gasteiger partial charge is 0.255 e. The van der Waals surface area contributed by atoms with E-state index in [1.165, 1.54) is 4.88 Å². The number of hydrogen-bond donors (Lipinski definition) is 1. The van der Waals surface area contributed by atoms with Gasteiger partial charge in [0.2, 0.25) is 0 Å². The molecule has 19 heavy (non-hydrogen) atoms. The topological polar surface area (TPSA) is 46.9 Å². The fourth-order valence-electron chi connectivity index (χ4n) is 1.98. The summed E-state index contributed by atoms with van der Waals surface area (Å²) >= 11 is 1.67. The highest BCUT2D eigenvalue weighted by atomic mass is 32.1. The molecule has 0 aromatic carbocycles. The molecule has 0 fully saturated rings. The summed E-state index contributed by atoms with van der Waals surface area (Å²) in [7, 11) is 1.84. The van der Waals surface area contributed by atoms with E-state index in [4.69, 9.17) is 0 Å². The van der Waals surface area contributed by atoms with Crippen molar-refractivity contribution < 1.29 is 4.79 Å². The molecular weight excluding hydrogens is 258 g/mol. The van der Waals surface area contributed by atoms with Crippen LogP contribution in [-0.2, 0) is 7.05 Å². The first kappa shape index (κ1) is 13.8. The number of aryl methyl sites for hydroxylation is 1. The van der Waals surface area contributed by atoms with Gasteiger partial charge in [-0.1, -0.05) is 19.9 Å². The van der Waals surface area contributed by atoms with Gasteiger partial charge in [0.15, 0.2) is 0 Å². The minimum absolute atomic E-state index is 0.0482. The van der Waals surface area contributed by atoms with Crippen LogP contribution in [0.25, 0.3) is 0 Å². The predicted molar refractivity (Wildman–Crippen MR) is 77.3 cm³/mol. The monoisotopic (exact) mass is 277 g/mol. The third-order valence-corrected chi connectivity index (χ3v) is 4.24. The van der Waals surface area contributed by atoms with E-state index in [2.05, 4.69) is 30.3 Å². The molecule has 0 saturated carbocycles. The average Bonchev–Trinajstić information content (AvgIpc) is 2.98. The molecule has 0 aliphatic rings. The Hall–Kier alpha value is -1.62. The number of hydrogen-bond acceptors (Lipinski definition) is 3. The Morgan fingerprint density at radius 2 is 2.21 bits per heavy atom. The van der Waals surface area contributed by atoms with Gasteiger partial charge in [0.1, 0.15) is 0 Å². The molecule has 5 heteroatoms. The zero-order chi connectivity index (χ0) is 14.0. The predicted octanol–water partition coefficient (Wildman–Crippen LogP) is 2.92. The van der Waals surface area contributed by atoms with E-state index in [1.807, 2.05) is 25.4 Å². The van der Waals surface area contributed by atoms with Crippen molar-refractivity contribution in [2.45, 2.75) is 26.8 Å². The Kier molecular flexibility index (Phi) is 4.04. The third kappa shape index (κ3) is 2.87. The number of nitrogens with one attached hydrogen (secondary N) is 1. The summed E-state index contributed by atoms with van der Waals surface area (Å²) in [6.07, 6.45) is 1.62. The van der Waals surface area contributed by atoms with Crippen LogP contribution in [0.3, 0.4) is 0 Å². The van der Waals surface area contributed by atoms with Crippen LogP contribution < -0.4 is 5.32 Å². The fraction of sp³-hybridized carbons (Fsp3) is 0.429. The Bertz CT molecular complexity index is 557. The molecule has 0 bridgehead atoms. The number of amides is 1. The Labute approximate surface area is 117 Å². The van der Waals surface area contributed by atoms with Gasteiger partial charge in [0, 0.05) is 17.6 Å². The minimum Gasteiger partial charge on any atom is -0.344 e. The molecule has 1 atom stereocenters. The van der Waals surface area contributed by atoms with E-state index < -0.39 is 0 Å². The first-order chi connectivity index (χ1) is 9.00. The molecule has 2 aromatic rings. The van der Waals surface area contributed by atoms with Crippen LogP contribution in [-0.4, -0.2) is 15.7 Å². The molecule has 0 radical (unpaired) electrons. The van der Waals surface area contributed by atoms with Crippen molar-refractivity contribution in [3.63, 3.8) is 0 Å². The van der Waals surface area contributed by atoms with Crippen molar-refractivity contribution >= 4 is 17.2 Å². The van der Waals surface area contributed by atoms with E-state index >= 15 is 0 Å². The normalized spacial score (nSPS) is 12.7.